The van der Waals surface area contributed by atoms with Gasteiger partial charge >= 0.3 is 0 Å². The SMILES string of the molecule is c1ccc(CN(c2ccccc2)[C@H]2SC(c3ccncc3)=N[C@@H]2c2ccccc2)cc1. The molecule has 0 saturated carbocycles. The third-order valence-electron chi connectivity index (χ3n) is 5.42. The minimum atomic E-state index is 0.0401. The van der Waals surface area contributed by atoms with Gasteiger partial charge in [0.15, 0.2) is 0 Å². The molecule has 0 aliphatic carbocycles. The summed E-state index contributed by atoms with van der Waals surface area (Å²) in [6.07, 6.45) is 3.67. The van der Waals surface area contributed by atoms with E-state index in [9.17, 15) is 0 Å². The number of rotatable bonds is 6. The van der Waals surface area contributed by atoms with Gasteiger partial charge in [-0.2, -0.15) is 0 Å². The van der Waals surface area contributed by atoms with Crippen LogP contribution in [0.25, 0.3) is 0 Å². The Balaban J connectivity index is 1.56. The van der Waals surface area contributed by atoms with Crippen LogP contribution in [-0.4, -0.2) is 15.4 Å². The highest BCUT2D eigenvalue weighted by molar-refractivity contribution is 8.15. The molecule has 0 unspecified atom stereocenters. The van der Waals surface area contributed by atoms with E-state index < -0.39 is 0 Å². The van der Waals surface area contributed by atoms with E-state index in [1.807, 2.05) is 36.3 Å². The summed E-state index contributed by atoms with van der Waals surface area (Å²) in [6, 6.07) is 36.1. The molecule has 1 aromatic heterocycles. The molecule has 0 bridgehead atoms. The van der Waals surface area contributed by atoms with Gasteiger partial charge in [0.2, 0.25) is 0 Å². The highest BCUT2D eigenvalue weighted by Crippen LogP contribution is 2.43. The number of hydrogen-bond acceptors (Lipinski definition) is 4. The minimum Gasteiger partial charge on any atom is -0.352 e. The molecule has 1 aliphatic heterocycles. The van der Waals surface area contributed by atoms with Crippen molar-refractivity contribution in [2.75, 3.05) is 4.90 Å². The molecule has 0 amide bonds. The van der Waals surface area contributed by atoms with Gasteiger partial charge < -0.3 is 4.90 Å². The van der Waals surface area contributed by atoms with Gasteiger partial charge in [0.1, 0.15) is 16.5 Å². The summed E-state index contributed by atoms with van der Waals surface area (Å²) in [6.45, 7) is 0.824. The molecular formula is C27H23N3S. The lowest BCUT2D eigenvalue weighted by atomic mass is 10.1. The van der Waals surface area contributed by atoms with Gasteiger partial charge in [-0.3, -0.25) is 9.98 Å². The molecule has 0 saturated heterocycles. The van der Waals surface area contributed by atoms with Crippen molar-refractivity contribution in [1.29, 1.82) is 0 Å². The molecule has 2 atom stereocenters. The maximum Gasteiger partial charge on any atom is 0.108 e. The second-order valence-corrected chi connectivity index (χ2v) is 8.59. The Kier molecular flexibility index (Phi) is 5.81. The zero-order valence-corrected chi connectivity index (χ0v) is 17.9. The van der Waals surface area contributed by atoms with E-state index in [1.54, 1.807) is 0 Å². The molecule has 3 nitrogen and oxygen atoms in total. The number of pyridine rings is 1. The Morgan fingerprint density at radius 3 is 2.00 bits per heavy atom. The summed E-state index contributed by atoms with van der Waals surface area (Å²) in [4.78, 5) is 11.9. The van der Waals surface area contributed by atoms with Gasteiger partial charge in [-0.05, 0) is 35.4 Å². The van der Waals surface area contributed by atoms with Crippen LogP contribution in [-0.2, 0) is 6.54 Å². The van der Waals surface area contributed by atoms with E-state index >= 15 is 0 Å². The predicted molar refractivity (Wildman–Crippen MR) is 130 cm³/mol. The number of nitrogens with zero attached hydrogens (tertiary/aromatic N) is 3. The number of aromatic nitrogens is 1. The minimum absolute atomic E-state index is 0.0401. The van der Waals surface area contributed by atoms with Gasteiger partial charge in [-0.1, -0.05) is 90.6 Å². The van der Waals surface area contributed by atoms with E-state index in [-0.39, 0.29) is 11.4 Å². The van der Waals surface area contributed by atoms with Crippen LogP contribution in [0.3, 0.4) is 0 Å². The lowest BCUT2D eigenvalue weighted by Crippen LogP contribution is -2.35. The highest BCUT2D eigenvalue weighted by atomic mass is 32.2. The van der Waals surface area contributed by atoms with Crippen molar-refractivity contribution in [2.24, 2.45) is 4.99 Å². The number of benzene rings is 3. The first-order chi connectivity index (χ1) is 15.4. The van der Waals surface area contributed by atoms with Crippen LogP contribution in [0.15, 0.2) is 121 Å². The normalized spacial score (nSPS) is 17.9. The molecule has 3 aromatic carbocycles. The zero-order chi connectivity index (χ0) is 20.9. The first-order valence-corrected chi connectivity index (χ1v) is 11.3. The van der Waals surface area contributed by atoms with Crippen molar-refractivity contribution < 1.29 is 0 Å². The van der Waals surface area contributed by atoms with E-state index in [2.05, 4.69) is 101 Å². The average molecular weight is 422 g/mol. The second-order valence-electron chi connectivity index (χ2n) is 7.48. The summed E-state index contributed by atoms with van der Waals surface area (Å²) in [5, 5.41) is 1.21. The molecule has 0 spiro atoms. The standard InChI is InChI=1S/C27H23N3S/c1-4-10-21(11-5-1)20-30(24-14-8-3-9-15-24)27-25(22-12-6-2-7-13-22)29-26(31-27)23-16-18-28-19-17-23/h1-19,25,27H,20H2/t25-,27+/m1/s1. The van der Waals surface area contributed by atoms with Gasteiger partial charge in [-0.15, -0.1) is 0 Å². The summed E-state index contributed by atoms with van der Waals surface area (Å²) in [7, 11) is 0. The molecular weight excluding hydrogens is 398 g/mol. The van der Waals surface area contributed by atoms with Crippen molar-refractivity contribution in [2.45, 2.75) is 18.0 Å². The molecule has 4 aromatic rings. The summed E-state index contributed by atoms with van der Waals surface area (Å²) in [5.41, 5.74) is 4.85. The van der Waals surface area contributed by atoms with Crippen LogP contribution in [0.1, 0.15) is 22.7 Å². The number of hydrogen-bond donors (Lipinski definition) is 0. The Bertz CT molecular complexity index is 1130. The van der Waals surface area contributed by atoms with Crippen molar-refractivity contribution in [3.8, 4) is 0 Å². The molecule has 5 rings (SSSR count). The maximum absolute atomic E-state index is 5.21. The van der Waals surface area contributed by atoms with Gasteiger partial charge in [0.05, 0.1) is 0 Å². The molecule has 31 heavy (non-hydrogen) atoms. The average Bonchev–Trinajstić information content (AvgIpc) is 3.30. The Hall–Kier alpha value is -3.37. The third-order valence-corrected chi connectivity index (χ3v) is 6.74. The first kappa shape index (κ1) is 19.6. The summed E-state index contributed by atoms with van der Waals surface area (Å²) < 4.78 is 0. The number of thioether (sulfide) groups is 1. The summed E-state index contributed by atoms with van der Waals surface area (Å²) in [5.74, 6) is 0. The number of anilines is 1. The molecule has 4 heteroatoms. The quantitative estimate of drug-likeness (QED) is 0.363. The Morgan fingerprint density at radius 2 is 1.32 bits per heavy atom. The van der Waals surface area contributed by atoms with Crippen molar-refractivity contribution >= 4 is 22.5 Å². The van der Waals surface area contributed by atoms with E-state index in [1.165, 1.54) is 16.8 Å². The fraction of sp³-hybridized carbons (Fsp3) is 0.111. The van der Waals surface area contributed by atoms with E-state index in [0.717, 1.165) is 17.2 Å². The molecule has 0 N–H and O–H groups in total. The van der Waals surface area contributed by atoms with Crippen molar-refractivity contribution in [1.82, 2.24) is 4.98 Å². The third kappa shape index (κ3) is 4.39. The Morgan fingerprint density at radius 1 is 0.710 bits per heavy atom. The largest absolute Gasteiger partial charge is 0.352 e. The number of para-hydroxylation sites is 1. The maximum atomic E-state index is 5.21. The lowest BCUT2D eigenvalue weighted by Gasteiger charge is -2.34. The fourth-order valence-corrected chi connectivity index (χ4v) is 5.23. The lowest BCUT2D eigenvalue weighted by molar-refractivity contribution is 0.638. The van der Waals surface area contributed by atoms with E-state index in [4.69, 9.17) is 4.99 Å². The monoisotopic (exact) mass is 421 g/mol. The highest BCUT2D eigenvalue weighted by Gasteiger charge is 2.36. The van der Waals surface area contributed by atoms with Crippen molar-refractivity contribution in [3.05, 3.63) is 132 Å². The molecule has 0 fully saturated rings. The second kappa shape index (κ2) is 9.19. The molecule has 2 heterocycles. The zero-order valence-electron chi connectivity index (χ0n) is 17.1. The van der Waals surface area contributed by atoms with Crippen LogP contribution < -0.4 is 4.90 Å². The van der Waals surface area contributed by atoms with Crippen LogP contribution >= 0.6 is 11.8 Å². The first-order valence-electron chi connectivity index (χ1n) is 10.4. The number of aliphatic imine (C=N–C) groups is 1. The Labute approximate surface area is 187 Å². The fourth-order valence-electron chi connectivity index (χ4n) is 3.89. The van der Waals surface area contributed by atoms with E-state index in [0.29, 0.717) is 0 Å². The topological polar surface area (TPSA) is 28.5 Å². The smallest absolute Gasteiger partial charge is 0.108 e. The summed E-state index contributed by atoms with van der Waals surface area (Å²) >= 11 is 1.84. The molecule has 152 valence electrons. The predicted octanol–water partition coefficient (Wildman–Crippen LogP) is 6.35. The molecule has 1 aliphatic rings. The van der Waals surface area contributed by atoms with Crippen LogP contribution in [0.2, 0.25) is 0 Å². The molecule has 0 radical (unpaired) electrons. The van der Waals surface area contributed by atoms with Crippen LogP contribution in [0, 0.1) is 0 Å². The van der Waals surface area contributed by atoms with Gasteiger partial charge in [-0.25, -0.2) is 0 Å². The van der Waals surface area contributed by atoms with Crippen LogP contribution in [0.4, 0.5) is 5.69 Å². The van der Waals surface area contributed by atoms with Gasteiger partial charge in [0, 0.05) is 30.2 Å². The van der Waals surface area contributed by atoms with Crippen molar-refractivity contribution in [3.63, 3.8) is 0 Å². The van der Waals surface area contributed by atoms with Gasteiger partial charge in [0.25, 0.3) is 0 Å². The van der Waals surface area contributed by atoms with Crippen LogP contribution in [0.5, 0.6) is 0 Å².